The van der Waals surface area contributed by atoms with Gasteiger partial charge in [0, 0.05) is 9.79 Å². The number of aromatic carboxylic acids is 1. The molecule has 0 amide bonds. The SMILES string of the molecule is CCSc1c(Cl)cc(F)c(C(=O)O)c1Cl.CCSc1c(Cl)cc(F)cc1Cl. The van der Waals surface area contributed by atoms with E-state index in [-0.39, 0.29) is 10.0 Å². The van der Waals surface area contributed by atoms with Crippen molar-refractivity contribution >= 4 is 75.9 Å². The number of benzene rings is 2. The maximum Gasteiger partial charge on any atom is 0.340 e. The first-order valence-corrected chi connectivity index (χ1v) is 10.9. The molecule has 0 aliphatic rings. The zero-order chi connectivity index (χ0) is 20.7. The van der Waals surface area contributed by atoms with Crippen molar-refractivity contribution < 1.29 is 18.7 Å². The van der Waals surface area contributed by atoms with Crippen LogP contribution in [0.25, 0.3) is 0 Å². The predicted octanol–water partition coefficient (Wildman–Crippen LogP) is 8.19. The standard InChI is InChI=1S/C9H7Cl2FO2S.C8H7Cl2FS/c1-2-15-8-4(10)3-5(12)6(7(8)11)9(13)14;1-2-12-8-6(9)3-5(11)4-7(8)10/h3H,2H2,1H3,(H,13,14);3-4H,2H2,1H3. The van der Waals surface area contributed by atoms with Crippen LogP contribution in [0.5, 0.6) is 0 Å². The fourth-order valence-corrected chi connectivity index (χ4v) is 4.88. The van der Waals surface area contributed by atoms with E-state index < -0.39 is 23.2 Å². The van der Waals surface area contributed by atoms with Crippen LogP contribution in [0.2, 0.25) is 20.1 Å². The van der Waals surface area contributed by atoms with Crippen LogP contribution in [-0.2, 0) is 0 Å². The van der Waals surface area contributed by atoms with Gasteiger partial charge in [-0.2, -0.15) is 0 Å². The van der Waals surface area contributed by atoms with Crippen molar-refractivity contribution in [3.63, 3.8) is 0 Å². The van der Waals surface area contributed by atoms with Crippen molar-refractivity contribution in [1.82, 2.24) is 0 Å². The molecular formula is C17H14Cl4F2O2S2. The third-order valence-corrected chi connectivity index (χ3v) is 6.62. The number of carbonyl (C=O) groups is 1. The summed E-state index contributed by atoms with van der Waals surface area (Å²) < 4.78 is 25.9. The summed E-state index contributed by atoms with van der Waals surface area (Å²) in [5.41, 5.74) is -0.531. The summed E-state index contributed by atoms with van der Waals surface area (Å²) in [5.74, 6) is -1.18. The van der Waals surface area contributed by atoms with E-state index in [0.717, 1.165) is 16.7 Å². The van der Waals surface area contributed by atoms with E-state index in [0.29, 0.717) is 20.7 Å². The summed E-state index contributed by atoms with van der Waals surface area (Å²) in [5, 5.41) is 9.51. The fraction of sp³-hybridized carbons (Fsp3) is 0.235. The topological polar surface area (TPSA) is 37.3 Å². The Bertz CT molecular complexity index is 812. The highest BCUT2D eigenvalue weighted by Crippen LogP contribution is 2.38. The largest absolute Gasteiger partial charge is 0.478 e. The predicted molar refractivity (Wildman–Crippen MR) is 113 cm³/mol. The van der Waals surface area contributed by atoms with Crippen molar-refractivity contribution in [2.45, 2.75) is 23.6 Å². The average Bonchev–Trinajstić information content (AvgIpc) is 2.54. The molecule has 0 heterocycles. The summed E-state index contributed by atoms with van der Waals surface area (Å²) >= 11 is 25.8. The molecule has 0 aromatic heterocycles. The van der Waals surface area contributed by atoms with Crippen molar-refractivity contribution in [3.8, 4) is 0 Å². The molecular weight excluding hydrogens is 480 g/mol. The van der Waals surface area contributed by atoms with Gasteiger partial charge in [-0.05, 0) is 29.7 Å². The quantitative estimate of drug-likeness (QED) is 0.426. The minimum absolute atomic E-state index is 0.134. The van der Waals surface area contributed by atoms with Gasteiger partial charge < -0.3 is 5.11 Å². The van der Waals surface area contributed by atoms with Crippen molar-refractivity contribution in [1.29, 1.82) is 0 Å². The second-order valence-corrected chi connectivity index (χ2v) is 8.88. The summed E-state index contributed by atoms with van der Waals surface area (Å²) in [4.78, 5) is 11.9. The molecule has 0 aliphatic heterocycles. The van der Waals surface area contributed by atoms with E-state index in [1.807, 2.05) is 13.8 Å². The third kappa shape index (κ3) is 6.87. The van der Waals surface area contributed by atoms with Crippen LogP contribution < -0.4 is 0 Å². The lowest BCUT2D eigenvalue weighted by Gasteiger charge is -2.08. The van der Waals surface area contributed by atoms with Crippen LogP contribution in [-0.4, -0.2) is 22.6 Å². The van der Waals surface area contributed by atoms with E-state index in [4.69, 9.17) is 51.5 Å². The van der Waals surface area contributed by atoms with Crippen LogP contribution in [0.1, 0.15) is 24.2 Å². The van der Waals surface area contributed by atoms with Gasteiger partial charge in [0.25, 0.3) is 0 Å². The average molecular weight is 494 g/mol. The van der Waals surface area contributed by atoms with Gasteiger partial charge in [0.2, 0.25) is 0 Å². The molecule has 0 saturated carbocycles. The molecule has 0 bridgehead atoms. The first-order valence-electron chi connectivity index (χ1n) is 7.44. The lowest BCUT2D eigenvalue weighted by molar-refractivity contribution is 0.0692. The molecule has 2 aromatic carbocycles. The molecule has 0 fully saturated rings. The van der Waals surface area contributed by atoms with Crippen LogP contribution in [0.15, 0.2) is 28.0 Å². The summed E-state index contributed by atoms with van der Waals surface area (Å²) in [6.07, 6.45) is 0. The Labute approximate surface area is 184 Å². The Kier molecular flexibility index (Phi) is 10.6. The maximum atomic E-state index is 13.2. The Morgan fingerprint density at radius 3 is 1.81 bits per heavy atom. The van der Waals surface area contributed by atoms with Gasteiger partial charge in [-0.1, -0.05) is 60.3 Å². The molecule has 2 rings (SSSR count). The molecule has 0 saturated heterocycles. The van der Waals surface area contributed by atoms with Gasteiger partial charge in [0.1, 0.15) is 17.2 Å². The van der Waals surface area contributed by atoms with E-state index >= 15 is 0 Å². The smallest absolute Gasteiger partial charge is 0.340 e. The fourth-order valence-electron chi connectivity index (χ4n) is 1.86. The molecule has 0 unspecified atom stereocenters. The molecule has 2 aromatic rings. The zero-order valence-corrected chi connectivity index (χ0v) is 18.7. The van der Waals surface area contributed by atoms with Crippen molar-refractivity contribution in [2.75, 3.05) is 11.5 Å². The first-order chi connectivity index (χ1) is 12.6. The van der Waals surface area contributed by atoms with E-state index in [1.54, 1.807) is 0 Å². The molecule has 27 heavy (non-hydrogen) atoms. The zero-order valence-electron chi connectivity index (χ0n) is 14.1. The lowest BCUT2D eigenvalue weighted by Crippen LogP contribution is -2.03. The van der Waals surface area contributed by atoms with Gasteiger partial charge in [0.15, 0.2) is 0 Å². The van der Waals surface area contributed by atoms with E-state index in [2.05, 4.69) is 0 Å². The van der Waals surface area contributed by atoms with Crippen LogP contribution in [0.4, 0.5) is 8.78 Å². The van der Waals surface area contributed by atoms with Crippen LogP contribution in [0, 0.1) is 11.6 Å². The van der Waals surface area contributed by atoms with Gasteiger partial charge in [-0.3, -0.25) is 0 Å². The Hall–Kier alpha value is -0.370. The number of rotatable bonds is 5. The van der Waals surface area contributed by atoms with Gasteiger partial charge in [-0.15, -0.1) is 23.5 Å². The number of hydrogen-bond acceptors (Lipinski definition) is 3. The Morgan fingerprint density at radius 1 is 0.926 bits per heavy atom. The highest BCUT2D eigenvalue weighted by atomic mass is 35.5. The van der Waals surface area contributed by atoms with Crippen molar-refractivity contribution in [3.05, 3.63) is 55.5 Å². The van der Waals surface area contributed by atoms with Crippen molar-refractivity contribution in [2.24, 2.45) is 0 Å². The van der Waals surface area contributed by atoms with Gasteiger partial charge >= 0.3 is 5.97 Å². The molecule has 0 spiro atoms. The highest BCUT2D eigenvalue weighted by molar-refractivity contribution is 7.99. The number of halogens is 6. The molecule has 0 radical (unpaired) electrons. The monoisotopic (exact) mass is 492 g/mol. The Balaban J connectivity index is 0.000000277. The molecule has 10 heteroatoms. The minimum atomic E-state index is -1.40. The first kappa shape index (κ1) is 24.7. The number of carboxylic acid groups (broad SMARTS) is 1. The Morgan fingerprint density at radius 2 is 1.37 bits per heavy atom. The lowest BCUT2D eigenvalue weighted by atomic mass is 10.2. The second kappa shape index (κ2) is 11.6. The normalized spacial score (nSPS) is 10.4. The third-order valence-electron chi connectivity index (χ3n) is 2.88. The molecule has 2 nitrogen and oxygen atoms in total. The van der Waals surface area contributed by atoms with Gasteiger partial charge in [-0.25, -0.2) is 13.6 Å². The summed E-state index contributed by atoms with van der Waals surface area (Å²) in [6.45, 7) is 3.85. The maximum absolute atomic E-state index is 13.2. The molecule has 0 aliphatic carbocycles. The van der Waals surface area contributed by atoms with E-state index in [1.165, 1.54) is 35.7 Å². The second-order valence-electron chi connectivity index (χ2n) is 4.73. The van der Waals surface area contributed by atoms with Crippen LogP contribution in [0.3, 0.4) is 0 Å². The molecule has 0 atom stereocenters. The summed E-state index contributed by atoms with van der Waals surface area (Å²) in [7, 11) is 0. The number of hydrogen-bond donors (Lipinski definition) is 1. The highest BCUT2D eigenvalue weighted by Gasteiger charge is 2.21. The molecule has 148 valence electrons. The summed E-state index contributed by atoms with van der Waals surface area (Å²) in [6, 6.07) is 3.51. The van der Waals surface area contributed by atoms with Crippen LogP contribution >= 0.6 is 69.9 Å². The number of carboxylic acids is 1. The number of thioether (sulfide) groups is 2. The molecule has 1 N–H and O–H groups in total. The minimum Gasteiger partial charge on any atom is -0.478 e. The van der Waals surface area contributed by atoms with Gasteiger partial charge in [0.05, 0.1) is 20.1 Å². The van der Waals surface area contributed by atoms with E-state index in [9.17, 15) is 13.6 Å².